The van der Waals surface area contributed by atoms with E-state index in [1.807, 2.05) is 26.0 Å². The van der Waals surface area contributed by atoms with Crippen LogP contribution in [-0.2, 0) is 4.79 Å². The molecule has 5 heteroatoms. The van der Waals surface area contributed by atoms with Crippen molar-refractivity contribution in [2.24, 2.45) is 0 Å². The third kappa shape index (κ3) is 4.01. The minimum atomic E-state index is -0.415. The van der Waals surface area contributed by atoms with E-state index in [0.717, 1.165) is 0 Å². The molecule has 0 radical (unpaired) electrons. The Morgan fingerprint density at radius 2 is 1.79 bits per heavy atom. The number of nitrogens with zero attached hydrogens (tertiary/aromatic N) is 2. The van der Waals surface area contributed by atoms with Gasteiger partial charge in [-0.05, 0) is 39.0 Å². The Morgan fingerprint density at radius 3 is 2.32 bits per heavy atom. The van der Waals surface area contributed by atoms with Crippen molar-refractivity contribution in [3.05, 3.63) is 29.3 Å². The van der Waals surface area contributed by atoms with Crippen LogP contribution in [0.3, 0.4) is 0 Å². The highest BCUT2D eigenvalue weighted by molar-refractivity contribution is 5.84. The highest BCUT2D eigenvalue weighted by Crippen LogP contribution is 2.15. The smallest absolute Gasteiger partial charge is 0.242 e. The maximum atomic E-state index is 11.7. The molecule has 2 N–H and O–H groups in total. The van der Waals surface area contributed by atoms with Crippen LogP contribution in [0, 0.1) is 22.7 Å². The van der Waals surface area contributed by atoms with Crippen molar-refractivity contribution in [1.82, 2.24) is 5.32 Å². The zero-order valence-electron chi connectivity index (χ0n) is 11.2. The van der Waals surface area contributed by atoms with Crippen LogP contribution in [0.2, 0.25) is 0 Å². The van der Waals surface area contributed by atoms with Crippen molar-refractivity contribution in [3.8, 4) is 12.1 Å². The fraction of sp³-hybridized carbons (Fsp3) is 0.357. The van der Waals surface area contributed by atoms with E-state index in [2.05, 4.69) is 10.6 Å². The topological polar surface area (TPSA) is 88.7 Å². The first-order valence-electron chi connectivity index (χ1n) is 5.99. The molecule has 0 saturated heterocycles. The highest BCUT2D eigenvalue weighted by atomic mass is 16.2. The first kappa shape index (κ1) is 14.5. The predicted octanol–water partition coefficient (Wildman–Crippen LogP) is 1.75. The van der Waals surface area contributed by atoms with E-state index >= 15 is 0 Å². The average Bonchev–Trinajstić information content (AvgIpc) is 2.37. The number of hydrogen-bond acceptors (Lipinski definition) is 4. The van der Waals surface area contributed by atoms with E-state index in [9.17, 15) is 4.79 Å². The van der Waals surface area contributed by atoms with Crippen LogP contribution in [0.4, 0.5) is 5.69 Å². The summed E-state index contributed by atoms with van der Waals surface area (Å²) in [5, 5.41) is 23.5. The van der Waals surface area contributed by atoms with E-state index in [-0.39, 0.29) is 11.9 Å². The van der Waals surface area contributed by atoms with E-state index in [1.165, 1.54) is 0 Å². The van der Waals surface area contributed by atoms with Gasteiger partial charge in [0, 0.05) is 11.7 Å². The van der Waals surface area contributed by atoms with Crippen molar-refractivity contribution in [2.75, 3.05) is 5.32 Å². The highest BCUT2D eigenvalue weighted by Gasteiger charge is 2.13. The van der Waals surface area contributed by atoms with Gasteiger partial charge in [-0.25, -0.2) is 0 Å². The van der Waals surface area contributed by atoms with E-state index in [1.54, 1.807) is 25.1 Å². The van der Waals surface area contributed by atoms with Gasteiger partial charge in [0.25, 0.3) is 0 Å². The Balaban J connectivity index is 2.81. The Hall–Kier alpha value is -2.53. The molecule has 19 heavy (non-hydrogen) atoms. The Bertz CT molecular complexity index is 552. The Labute approximate surface area is 112 Å². The van der Waals surface area contributed by atoms with Crippen LogP contribution < -0.4 is 10.6 Å². The van der Waals surface area contributed by atoms with Crippen LogP contribution in [0.5, 0.6) is 0 Å². The van der Waals surface area contributed by atoms with Crippen LogP contribution in [-0.4, -0.2) is 18.0 Å². The first-order chi connectivity index (χ1) is 8.97. The van der Waals surface area contributed by atoms with Gasteiger partial charge in [0.2, 0.25) is 5.91 Å². The second kappa shape index (κ2) is 6.42. The molecule has 0 bridgehead atoms. The number of nitrogens with one attached hydrogen (secondary N) is 2. The molecule has 0 aromatic heterocycles. The number of rotatable bonds is 4. The Morgan fingerprint density at radius 1 is 1.16 bits per heavy atom. The SMILES string of the molecule is CC(C)NC(=O)C(C)Nc1ccc(C#N)c(C#N)c1. The van der Waals surface area contributed by atoms with Crippen molar-refractivity contribution in [2.45, 2.75) is 32.9 Å². The van der Waals surface area contributed by atoms with Crippen molar-refractivity contribution in [1.29, 1.82) is 10.5 Å². The van der Waals surface area contributed by atoms with Crippen molar-refractivity contribution < 1.29 is 4.79 Å². The summed E-state index contributed by atoms with van der Waals surface area (Å²) in [4.78, 5) is 11.7. The van der Waals surface area contributed by atoms with E-state index in [4.69, 9.17) is 10.5 Å². The molecule has 0 saturated carbocycles. The van der Waals surface area contributed by atoms with Gasteiger partial charge in [-0.1, -0.05) is 0 Å². The molecule has 0 spiro atoms. The summed E-state index contributed by atoms with van der Waals surface area (Å²) in [6.45, 7) is 5.52. The number of anilines is 1. The van der Waals surface area contributed by atoms with Crippen molar-refractivity contribution >= 4 is 11.6 Å². The fourth-order valence-electron chi connectivity index (χ4n) is 1.55. The first-order valence-corrected chi connectivity index (χ1v) is 5.99. The predicted molar refractivity (Wildman–Crippen MR) is 72.2 cm³/mol. The molecule has 1 atom stereocenters. The third-order valence-electron chi connectivity index (χ3n) is 2.47. The number of carbonyl (C=O) groups excluding carboxylic acids is 1. The molecular formula is C14H16N4O. The lowest BCUT2D eigenvalue weighted by Crippen LogP contribution is -2.40. The van der Waals surface area contributed by atoms with Crippen LogP contribution in [0.25, 0.3) is 0 Å². The molecule has 1 rings (SSSR count). The Kier molecular flexibility index (Phi) is 4.91. The average molecular weight is 256 g/mol. The summed E-state index contributed by atoms with van der Waals surface area (Å²) in [6.07, 6.45) is 0. The van der Waals surface area contributed by atoms with Gasteiger partial charge < -0.3 is 10.6 Å². The van der Waals surface area contributed by atoms with E-state index < -0.39 is 6.04 Å². The zero-order chi connectivity index (χ0) is 14.4. The number of nitriles is 2. The summed E-state index contributed by atoms with van der Waals surface area (Å²) in [5.41, 5.74) is 1.26. The van der Waals surface area contributed by atoms with Gasteiger partial charge >= 0.3 is 0 Å². The summed E-state index contributed by atoms with van der Waals surface area (Å²) in [6, 6.07) is 8.38. The maximum Gasteiger partial charge on any atom is 0.242 e. The molecule has 0 aliphatic heterocycles. The second-order valence-corrected chi connectivity index (χ2v) is 4.51. The molecule has 0 aliphatic carbocycles. The molecular weight excluding hydrogens is 240 g/mol. The maximum absolute atomic E-state index is 11.7. The normalized spacial score (nSPS) is 11.3. The lowest BCUT2D eigenvalue weighted by atomic mass is 10.1. The number of carbonyl (C=O) groups is 1. The summed E-state index contributed by atoms with van der Waals surface area (Å²) in [7, 11) is 0. The number of hydrogen-bond donors (Lipinski definition) is 2. The molecule has 1 aromatic rings. The lowest BCUT2D eigenvalue weighted by molar-refractivity contribution is -0.122. The van der Waals surface area contributed by atoms with Crippen molar-refractivity contribution in [3.63, 3.8) is 0 Å². The molecule has 98 valence electrons. The molecule has 5 nitrogen and oxygen atoms in total. The van der Waals surface area contributed by atoms with Crippen LogP contribution in [0.15, 0.2) is 18.2 Å². The quantitative estimate of drug-likeness (QED) is 0.859. The molecule has 1 aromatic carbocycles. The summed E-state index contributed by atoms with van der Waals surface area (Å²) >= 11 is 0. The van der Waals surface area contributed by atoms with E-state index in [0.29, 0.717) is 16.8 Å². The fourth-order valence-corrected chi connectivity index (χ4v) is 1.55. The van der Waals surface area contributed by atoms with Gasteiger partial charge in [0.05, 0.1) is 11.1 Å². The van der Waals surface area contributed by atoms with Gasteiger partial charge in [-0.2, -0.15) is 10.5 Å². The number of benzene rings is 1. The lowest BCUT2D eigenvalue weighted by Gasteiger charge is -2.17. The zero-order valence-corrected chi connectivity index (χ0v) is 11.2. The second-order valence-electron chi connectivity index (χ2n) is 4.51. The van der Waals surface area contributed by atoms with Crippen LogP contribution >= 0.6 is 0 Å². The van der Waals surface area contributed by atoms with Gasteiger partial charge in [-0.3, -0.25) is 4.79 Å². The molecule has 1 amide bonds. The summed E-state index contributed by atoms with van der Waals surface area (Å²) in [5.74, 6) is -0.113. The minimum absolute atomic E-state index is 0.0763. The standard InChI is InChI=1S/C14H16N4O/c1-9(2)17-14(19)10(3)18-13-5-4-11(7-15)12(6-13)8-16/h4-6,9-10,18H,1-3H3,(H,17,19). The molecule has 0 aliphatic rings. The van der Waals surface area contributed by atoms with Gasteiger partial charge in [-0.15, -0.1) is 0 Å². The third-order valence-corrected chi connectivity index (χ3v) is 2.47. The molecule has 0 heterocycles. The minimum Gasteiger partial charge on any atom is -0.374 e. The summed E-state index contributed by atoms with van der Waals surface area (Å²) < 4.78 is 0. The van der Waals surface area contributed by atoms with Gasteiger partial charge in [0.15, 0.2) is 0 Å². The van der Waals surface area contributed by atoms with Crippen LogP contribution in [0.1, 0.15) is 31.9 Å². The monoisotopic (exact) mass is 256 g/mol. The largest absolute Gasteiger partial charge is 0.374 e. The number of amides is 1. The molecule has 1 unspecified atom stereocenters. The van der Waals surface area contributed by atoms with Gasteiger partial charge in [0.1, 0.15) is 18.2 Å². The molecule has 0 fully saturated rings.